The first-order valence-corrected chi connectivity index (χ1v) is 8.02. The summed E-state index contributed by atoms with van der Waals surface area (Å²) in [4.78, 5) is 8.64. The molecule has 24 heavy (non-hydrogen) atoms. The molecule has 2 aromatic carbocycles. The van der Waals surface area contributed by atoms with Crippen LogP contribution in [-0.2, 0) is 12.8 Å². The van der Waals surface area contributed by atoms with Crippen LogP contribution in [0.25, 0.3) is 0 Å². The minimum atomic E-state index is 0.210. The molecule has 3 N–H and O–H groups in total. The number of fused-ring (bicyclic) bond motifs is 6. The first kappa shape index (κ1) is 14.8. The number of halogens is 1. The second-order valence-corrected chi connectivity index (χ2v) is 6.14. The number of nitrogens with zero attached hydrogens (tertiary/aromatic N) is 2. The molecule has 0 unspecified atom stereocenters. The van der Waals surface area contributed by atoms with Gasteiger partial charge in [-0.15, -0.1) is 0 Å². The predicted octanol–water partition coefficient (Wildman–Crippen LogP) is 4.42. The molecule has 2 heterocycles. The first-order valence-electron chi connectivity index (χ1n) is 7.64. The van der Waals surface area contributed by atoms with Crippen LogP contribution in [-0.4, -0.2) is 15.1 Å². The van der Waals surface area contributed by atoms with Gasteiger partial charge in [0.25, 0.3) is 0 Å². The average Bonchev–Trinajstić information content (AvgIpc) is 2.56. The Hall–Kier alpha value is -2.79. The highest BCUT2D eigenvalue weighted by atomic mass is 35.5. The summed E-state index contributed by atoms with van der Waals surface area (Å²) in [6.45, 7) is 0. The molecular weight excluding hydrogens is 324 g/mol. The highest BCUT2D eigenvalue weighted by Gasteiger charge is 2.10. The van der Waals surface area contributed by atoms with Crippen molar-refractivity contribution in [1.82, 2.24) is 9.97 Å². The van der Waals surface area contributed by atoms with Gasteiger partial charge < -0.3 is 15.7 Å². The van der Waals surface area contributed by atoms with Gasteiger partial charge in [-0.1, -0.05) is 23.7 Å². The van der Waals surface area contributed by atoms with Crippen molar-refractivity contribution in [1.29, 1.82) is 0 Å². The first-order chi connectivity index (χ1) is 11.7. The second-order valence-electron chi connectivity index (χ2n) is 5.73. The maximum atomic E-state index is 9.99. The third kappa shape index (κ3) is 3.12. The maximum absolute atomic E-state index is 9.99. The van der Waals surface area contributed by atoms with E-state index >= 15 is 0 Å². The predicted molar refractivity (Wildman–Crippen MR) is 95.6 cm³/mol. The van der Waals surface area contributed by atoms with Crippen molar-refractivity contribution in [2.24, 2.45) is 0 Å². The minimum absolute atomic E-state index is 0.210. The van der Waals surface area contributed by atoms with E-state index in [0.717, 1.165) is 29.8 Å². The van der Waals surface area contributed by atoms with E-state index in [1.165, 1.54) is 5.56 Å². The zero-order valence-electron chi connectivity index (χ0n) is 12.8. The molecule has 0 atom stereocenters. The van der Waals surface area contributed by atoms with Gasteiger partial charge in [-0.05, 0) is 48.2 Å². The van der Waals surface area contributed by atoms with Gasteiger partial charge in [-0.25, -0.2) is 4.98 Å². The molecule has 6 bridgehead atoms. The molecular formula is C18H15ClN4O. The van der Waals surface area contributed by atoms with Crippen LogP contribution in [0.4, 0.5) is 23.1 Å². The van der Waals surface area contributed by atoms with E-state index in [9.17, 15) is 5.11 Å². The molecule has 0 saturated carbocycles. The van der Waals surface area contributed by atoms with Crippen LogP contribution in [0.15, 0.2) is 48.7 Å². The highest BCUT2D eigenvalue weighted by Crippen LogP contribution is 2.29. The molecule has 5 nitrogen and oxygen atoms in total. The molecule has 0 saturated heterocycles. The number of nitrogens with one attached hydrogen (secondary N) is 2. The molecule has 0 aliphatic carbocycles. The molecule has 4 rings (SSSR count). The molecule has 6 heteroatoms. The Morgan fingerprint density at radius 2 is 1.79 bits per heavy atom. The number of benzene rings is 2. The van der Waals surface area contributed by atoms with Crippen molar-refractivity contribution in [3.05, 3.63) is 64.8 Å². The molecule has 120 valence electrons. The average molecular weight is 339 g/mol. The Bertz CT molecular complexity index is 913. The molecule has 0 radical (unpaired) electrons. The lowest BCUT2D eigenvalue weighted by molar-refractivity contribution is 0.475. The monoisotopic (exact) mass is 338 g/mol. The van der Waals surface area contributed by atoms with Crippen molar-refractivity contribution >= 4 is 34.7 Å². The van der Waals surface area contributed by atoms with Crippen molar-refractivity contribution < 1.29 is 5.11 Å². The van der Waals surface area contributed by atoms with Gasteiger partial charge >= 0.3 is 0 Å². The van der Waals surface area contributed by atoms with Crippen LogP contribution in [0, 0.1) is 0 Å². The number of phenolic OH excluding ortho intramolecular Hbond substituents is 1. The topological polar surface area (TPSA) is 70.1 Å². The molecule has 1 aliphatic rings. The molecule has 3 aromatic rings. The third-order valence-corrected chi connectivity index (χ3v) is 4.15. The summed E-state index contributed by atoms with van der Waals surface area (Å²) in [5, 5.41) is 16.7. The van der Waals surface area contributed by atoms with Gasteiger partial charge in [0.15, 0.2) is 5.82 Å². The molecule has 1 aromatic heterocycles. The van der Waals surface area contributed by atoms with Crippen molar-refractivity contribution in [3.63, 3.8) is 0 Å². The lowest BCUT2D eigenvalue weighted by atomic mass is 10.0. The van der Waals surface area contributed by atoms with Crippen molar-refractivity contribution in [2.45, 2.75) is 12.8 Å². The fraction of sp³-hybridized carbons (Fsp3) is 0.111. The Kier molecular flexibility index (Phi) is 3.70. The molecule has 0 spiro atoms. The fourth-order valence-electron chi connectivity index (χ4n) is 2.76. The van der Waals surface area contributed by atoms with E-state index in [1.807, 2.05) is 18.2 Å². The summed E-state index contributed by atoms with van der Waals surface area (Å²) < 4.78 is 0. The number of aromatic hydroxyl groups is 1. The summed E-state index contributed by atoms with van der Waals surface area (Å²) in [5.74, 6) is 1.15. The standard InChI is InChI=1S/C18H15ClN4O/c19-16-10-20-18-22-13-3-1-2-11(6-13)4-5-12-7-14(9-15(24)8-12)21-17(16)23-18/h1-3,6-10,24H,4-5H2,(H2,20,21,22,23). The Morgan fingerprint density at radius 3 is 2.71 bits per heavy atom. The van der Waals surface area contributed by atoms with Crippen LogP contribution in [0.3, 0.4) is 0 Å². The van der Waals surface area contributed by atoms with Crippen molar-refractivity contribution in [2.75, 3.05) is 10.6 Å². The van der Waals surface area contributed by atoms with E-state index < -0.39 is 0 Å². The summed E-state index contributed by atoms with van der Waals surface area (Å²) in [6.07, 6.45) is 3.24. The normalized spacial score (nSPS) is 12.9. The Morgan fingerprint density at radius 1 is 0.958 bits per heavy atom. The summed E-state index contributed by atoms with van der Waals surface area (Å²) in [6, 6.07) is 13.6. The number of phenols is 1. The number of hydrogen-bond acceptors (Lipinski definition) is 5. The SMILES string of the molecule is Oc1cc2cc(c1)Nc1nc(ncc1Cl)Nc1cccc(c1)CC2. The molecule has 0 fully saturated rings. The number of rotatable bonds is 0. The number of aromatic nitrogens is 2. The Labute approximate surface area is 144 Å². The lowest BCUT2D eigenvalue weighted by Gasteiger charge is -2.11. The zero-order valence-corrected chi connectivity index (χ0v) is 13.5. The van der Waals surface area contributed by atoms with E-state index in [-0.39, 0.29) is 5.75 Å². The largest absolute Gasteiger partial charge is 0.508 e. The molecule has 0 amide bonds. The number of aryl methyl sites for hydroxylation is 2. The van der Waals surface area contributed by atoms with Crippen LogP contribution >= 0.6 is 11.6 Å². The number of anilines is 4. The van der Waals surface area contributed by atoms with Crippen LogP contribution < -0.4 is 10.6 Å². The van der Waals surface area contributed by atoms with Gasteiger partial charge in [0, 0.05) is 17.4 Å². The van der Waals surface area contributed by atoms with Gasteiger partial charge in [0.2, 0.25) is 5.95 Å². The van der Waals surface area contributed by atoms with Gasteiger partial charge in [-0.3, -0.25) is 0 Å². The molecule has 1 aliphatic heterocycles. The van der Waals surface area contributed by atoms with Crippen molar-refractivity contribution in [3.8, 4) is 5.75 Å². The van der Waals surface area contributed by atoms with E-state index in [1.54, 1.807) is 18.3 Å². The summed E-state index contributed by atoms with van der Waals surface area (Å²) in [5.41, 5.74) is 3.91. The maximum Gasteiger partial charge on any atom is 0.229 e. The quantitative estimate of drug-likeness (QED) is 0.566. The smallest absolute Gasteiger partial charge is 0.229 e. The van der Waals surface area contributed by atoms with E-state index in [4.69, 9.17) is 11.6 Å². The summed E-state index contributed by atoms with van der Waals surface area (Å²) >= 11 is 6.20. The Balaban J connectivity index is 1.84. The van der Waals surface area contributed by atoms with Gasteiger partial charge in [0.1, 0.15) is 10.8 Å². The van der Waals surface area contributed by atoms with E-state index in [2.05, 4.69) is 32.7 Å². The zero-order chi connectivity index (χ0) is 16.5. The van der Waals surface area contributed by atoms with Crippen LogP contribution in [0.1, 0.15) is 11.1 Å². The summed E-state index contributed by atoms with van der Waals surface area (Å²) in [7, 11) is 0. The van der Waals surface area contributed by atoms with Gasteiger partial charge in [-0.2, -0.15) is 4.98 Å². The minimum Gasteiger partial charge on any atom is -0.508 e. The number of hydrogen-bond donors (Lipinski definition) is 3. The third-order valence-electron chi connectivity index (χ3n) is 3.87. The lowest BCUT2D eigenvalue weighted by Crippen LogP contribution is -2.01. The fourth-order valence-corrected chi connectivity index (χ4v) is 2.90. The van der Waals surface area contributed by atoms with Crippen LogP contribution in [0.5, 0.6) is 5.75 Å². The van der Waals surface area contributed by atoms with E-state index in [0.29, 0.717) is 16.8 Å². The highest BCUT2D eigenvalue weighted by molar-refractivity contribution is 6.32. The van der Waals surface area contributed by atoms with Gasteiger partial charge in [0.05, 0.1) is 6.20 Å². The van der Waals surface area contributed by atoms with Crippen LogP contribution in [0.2, 0.25) is 5.02 Å². The second kappa shape index (κ2) is 6.02.